The zero-order valence-corrected chi connectivity index (χ0v) is 22.6. The Balaban J connectivity index is 1.41. The minimum absolute atomic E-state index is 0.0462. The number of thioether (sulfide) groups is 1. The lowest BCUT2D eigenvalue weighted by atomic mass is 10.0. The summed E-state index contributed by atoms with van der Waals surface area (Å²) in [7, 11) is 1.50. The second-order valence-corrected chi connectivity index (χ2v) is 10.2. The summed E-state index contributed by atoms with van der Waals surface area (Å²) in [4.78, 5) is 27.1. The highest BCUT2D eigenvalue weighted by Gasteiger charge is 2.35. The maximum atomic E-state index is 13.9. The van der Waals surface area contributed by atoms with E-state index < -0.39 is 0 Å². The molecule has 1 heterocycles. The Labute approximate surface area is 226 Å². The van der Waals surface area contributed by atoms with Crippen molar-refractivity contribution in [2.45, 2.75) is 33.3 Å². The van der Waals surface area contributed by atoms with Crippen molar-refractivity contribution in [2.24, 2.45) is 0 Å². The lowest BCUT2D eigenvalue weighted by molar-refractivity contribution is -0.123. The van der Waals surface area contributed by atoms with Crippen molar-refractivity contribution in [1.82, 2.24) is 4.90 Å². The average molecular weight is 536 g/mol. The van der Waals surface area contributed by atoms with Gasteiger partial charge < -0.3 is 14.2 Å². The van der Waals surface area contributed by atoms with Crippen LogP contribution in [0.15, 0.2) is 65.6 Å². The van der Waals surface area contributed by atoms with Gasteiger partial charge >= 0.3 is 0 Å². The van der Waals surface area contributed by atoms with Crippen LogP contribution in [0.5, 0.6) is 17.2 Å². The van der Waals surface area contributed by atoms with Crippen LogP contribution in [-0.4, -0.2) is 36.3 Å². The number of amides is 2. The fourth-order valence-electron chi connectivity index (χ4n) is 4.00. The number of imide groups is 1. The van der Waals surface area contributed by atoms with Gasteiger partial charge in [0, 0.05) is 5.56 Å². The number of nitrogens with zero attached hydrogens (tertiary/aromatic N) is 1. The summed E-state index contributed by atoms with van der Waals surface area (Å²) in [6.45, 7) is 6.58. The Bertz CT molecular complexity index is 1370. The van der Waals surface area contributed by atoms with Crippen LogP contribution in [0.4, 0.5) is 9.18 Å². The maximum Gasteiger partial charge on any atom is 0.293 e. The molecule has 1 saturated heterocycles. The molecule has 0 unspecified atom stereocenters. The van der Waals surface area contributed by atoms with Crippen LogP contribution in [0.1, 0.15) is 42.0 Å². The van der Waals surface area contributed by atoms with Crippen molar-refractivity contribution in [3.63, 3.8) is 0 Å². The number of ether oxygens (including phenoxy) is 3. The number of aryl methyl sites for hydroxylation is 1. The highest BCUT2D eigenvalue weighted by molar-refractivity contribution is 8.18. The van der Waals surface area contributed by atoms with Crippen LogP contribution in [0.3, 0.4) is 0 Å². The van der Waals surface area contributed by atoms with Crippen molar-refractivity contribution in [3.05, 3.63) is 93.6 Å². The molecule has 0 spiro atoms. The summed E-state index contributed by atoms with van der Waals surface area (Å²) in [6, 6.07) is 17.6. The molecule has 0 atom stereocenters. The topological polar surface area (TPSA) is 65.1 Å². The number of methoxy groups -OCH3 is 1. The van der Waals surface area contributed by atoms with E-state index in [1.165, 1.54) is 18.1 Å². The first-order chi connectivity index (χ1) is 18.3. The van der Waals surface area contributed by atoms with E-state index in [0.717, 1.165) is 28.6 Å². The van der Waals surface area contributed by atoms with Gasteiger partial charge in [0.15, 0.2) is 11.5 Å². The van der Waals surface area contributed by atoms with Gasteiger partial charge in [-0.2, -0.15) is 0 Å². The quantitative estimate of drug-likeness (QED) is 0.262. The first kappa shape index (κ1) is 27.3. The van der Waals surface area contributed by atoms with E-state index in [1.54, 1.807) is 42.5 Å². The van der Waals surface area contributed by atoms with Gasteiger partial charge in [-0.25, -0.2) is 4.39 Å². The second kappa shape index (κ2) is 12.2. The molecule has 1 fully saturated rings. The predicted molar refractivity (Wildman–Crippen MR) is 147 cm³/mol. The Morgan fingerprint density at radius 1 is 0.974 bits per heavy atom. The molecular formula is C30H30FNO5S. The third-order valence-corrected chi connectivity index (χ3v) is 6.97. The summed E-state index contributed by atoms with van der Waals surface area (Å²) in [6.07, 6.45) is 1.65. The molecule has 2 amide bonds. The molecule has 38 heavy (non-hydrogen) atoms. The Morgan fingerprint density at radius 3 is 2.50 bits per heavy atom. The van der Waals surface area contributed by atoms with Crippen molar-refractivity contribution in [1.29, 1.82) is 0 Å². The molecule has 0 aliphatic carbocycles. The number of benzene rings is 3. The van der Waals surface area contributed by atoms with Crippen molar-refractivity contribution < 1.29 is 28.2 Å². The van der Waals surface area contributed by atoms with E-state index in [1.807, 2.05) is 25.1 Å². The van der Waals surface area contributed by atoms with E-state index >= 15 is 0 Å². The predicted octanol–water partition coefficient (Wildman–Crippen LogP) is 6.96. The lowest BCUT2D eigenvalue weighted by Gasteiger charge is -2.17. The van der Waals surface area contributed by atoms with Gasteiger partial charge in [-0.15, -0.1) is 0 Å². The fraction of sp³-hybridized carbons (Fsp3) is 0.267. The Hall–Kier alpha value is -3.78. The molecule has 8 heteroatoms. The molecule has 1 aliphatic rings. The van der Waals surface area contributed by atoms with E-state index in [4.69, 9.17) is 14.2 Å². The van der Waals surface area contributed by atoms with Crippen molar-refractivity contribution in [2.75, 3.05) is 20.3 Å². The third-order valence-electron chi connectivity index (χ3n) is 6.06. The van der Waals surface area contributed by atoms with Gasteiger partial charge in [-0.1, -0.05) is 50.2 Å². The van der Waals surface area contributed by atoms with Crippen LogP contribution in [-0.2, 0) is 11.4 Å². The fourth-order valence-corrected chi connectivity index (χ4v) is 4.86. The molecule has 198 valence electrons. The molecule has 3 aromatic carbocycles. The molecule has 0 aromatic heterocycles. The lowest BCUT2D eigenvalue weighted by Crippen LogP contribution is -2.32. The first-order valence-corrected chi connectivity index (χ1v) is 13.1. The number of carbonyl (C=O) groups is 2. The maximum absolute atomic E-state index is 13.9. The van der Waals surface area contributed by atoms with E-state index in [0.29, 0.717) is 33.4 Å². The minimum atomic E-state index is -0.365. The molecule has 4 rings (SSSR count). The third kappa shape index (κ3) is 6.37. The van der Waals surface area contributed by atoms with Crippen LogP contribution < -0.4 is 14.2 Å². The molecule has 0 saturated carbocycles. The van der Waals surface area contributed by atoms with Crippen molar-refractivity contribution in [3.8, 4) is 17.2 Å². The Kier molecular flexibility index (Phi) is 8.73. The van der Waals surface area contributed by atoms with Crippen LogP contribution in [0.25, 0.3) is 6.08 Å². The number of hydrogen-bond acceptors (Lipinski definition) is 6. The van der Waals surface area contributed by atoms with Crippen LogP contribution in [0.2, 0.25) is 0 Å². The Morgan fingerprint density at radius 2 is 1.76 bits per heavy atom. The van der Waals surface area contributed by atoms with Crippen LogP contribution in [0, 0.1) is 12.7 Å². The summed E-state index contributed by atoms with van der Waals surface area (Å²) in [5, 5.41) is -0.338. The standard InChI is InChI=1S/C30H30FNO5S/c1-19(2)23-11-9-20(3)15-26(23)36-14-13-32-29(33)28(38-30(32)34)17-21-10-12-25(27(16-21)35-4)37-18-22-7-5-6-8-24(22)31/h5-12,15-17,19H,13-14,18H2,1-4H3/b28-17-. The van der Waals surface area contributed by atoms with Gasteiger partial charge in [0.25, 0.3) is 11.1 Å². The summed E-state index contributed by atoms with van der Waals surface area (Å²) in [5.74, 6) is 1.22. The zero-order chi connectivity index (χ0) is 27.2. The SMILES string of the molecule is COc1cc(/C=C2\SC(=O)N(CCOc3cc(C)ccc3C(C)C)C2=O)ccc1OCc1ccccc1F. The molecule has 0 bridgehead atoms. The largest absolute Gasteiger partial charge is 0.493 e. The first-order valence-electron chi connectivity index (χ1n) is 12.3. The van der Waals surface area contributed by atoms with E-state index in [-0.39, 0.29) is 36.7 Å². The number of halogens is 1. The molecular weight excluding hydrogens is 505 g/mol. The van der Waals surface area contributed by atoms with Gasteiger partial charge in [0.1, 0.15) is 24.8 Å². The van der Waals surface area contributed by atoms with Gasteiger partial charge in [0.05, 0.1) is 18.6 Å². The molecule has 1 aliphatic heterocycles. The van der Waals surface area contributed by atoms with Crippen molar-refractivity contribution >= 4 is 29.0 Å². The minimum Gasteiger partial charge on any atom is -0.493 e. The second-order valence-electron chi connectivity index (χ2n) is 9.17. The summed E-state index contributed by atoms with van der Waals surface area (Å²) < 4.78 is 31.1. The van der Waals surface area contributed by atoms with E-state index in [2.05, 4.69) is 13.8 Å². The smallest absolute Gasteiger partial charge is 0.293 e. The zero-order valence-electron chi connectivity index (χ0n) is 21.8. The number of rotatable bonds is 10. The molecule has 3 aromatic rings. The van der Waals surface area contributed by atoms with Gasteiger partial charge in [0.2, 0.25) is 0 Å². The number of hydrogen-bond donors (Lipinski definition) is 0. The van der Waals surface area contributed by atoms with Gasteiger partial charge in [-0.05, 0) is 71.6 Å². The molecule has 0 N–H and O–H groups in total. The average Bonchev–Trinajstić information content (AvgIpc) is 3.15. The molecule has 0 radical (unpaired) electrons. The summed E-state index contributed by atoms with van der Waals surface area (Å²) >= 11 is 0.889. The monoisotopic (exact) mass is 535 g/mol. The highest BCUT2D eigenvalue weighted by atomic mass is 32.2. The molecule has 6 nitrogen and oxygen atoms in total. The van der Waals surface area contributed by atoms with Crippen LogP contribution >= 0.6 is 11.8 Å². The van der Waals surface area contributed by atoms with E-state index in [9.17, 15) is 14.0 Å². The van der Waals surface area contributed by atoms with Gasteiger partial charge in [-0.3, -0.25) is 14.5 Å². The summed E-state index contributed by atoms with van der Waals surface area (Å²) in [5.41, 5.74) is 3.26. The highest BCUT2D eigenvalue weighted by Crippen LogP contribution is 2.35. The number of carbonyl (C=O) groups excluding carboxylic acids is 2. The normalized spacial score (nSPS) is 14.5.